The van der Waals surface area contributed by atoms with Crippen LogP contribution in [-0.4, -0.2) is 60.9 Å². The molecule has 1 aliphatic heterocycles. The van der Waals surface area contributed by atoms with Crippen LogP contribution in [0.15, 0.2) is 30.3 Å². The van der Waals surface area contributed by atoms with Crippen molar-refractivity contribution < 1.29 is 9.84 Å². The number of hydrogen-bond acceptors (Lipinski definition) is 5. The number of nitrogens with zero attached hydrogens (tertiary/aromatic N) is 3. The van der Waals surface area contributed by atoms with Gasteiger partial charge < -0.3 is 14.7 Å². The van der Waals surface area contributed by atoms with Gasteiger partial charge in [0.05, 0.1) is 18.7 Å². The molecule has 22 heavy (non-hydrogen) atoms. The molecule has 1 aromatic carbocycles. The van der Waals surface area contributed by atoms with Gasteiger partial charge in [-0.15, -0.1) is 0 Å². The molecule has 0 aliphatic carbocycles. The van der Waals surface area contributed by atoms with E-state index in [9.17, 15) is 5.11 Å². The van der Waals surface area contributed by atoms with Crippen molar-refractivity contribution in [3.63, 3.8) is 0 Å². The molecule has 2 heterocycles. The van der Waals surface area contributed by atoms with Crippen LogP contribution in [0.3, 0.4) is 0 Å². The lowest BCUT2D eigenvalue weighted by Gasteiger charge is -2.36. The van der Waals surface area contributed by atoms with E-state index in [1.807, 2.05) is 25.1 Å². The van der Waals surface area contributed by atoms with E-state index in [1.165, 1.54) is 0 Å². The summed E-state index contributed by atoms with van der Waals surface area (Å²) in [5, 5.41) is 10.6. The van der Waals surface area contributed by atoms with Crippen LogP contribution in [0.4, 0.5) is 5.82 Å². The number of methoxy groups -OCH3 is 1. The van der Waals surface area contributed by atoms with E-state index in [4.69, 9.17) is 9.72 Å². The molecule has 0 bridgehead atoms. The standard InChI is InChI=1S/C17H23N3O2/c1-13(21)12-19-7-9-20(10-8-19)17-6-3-14-11-15(22-2)4-5-16(14)18-17/h3-6,11,13,21H,7-10,12H2,1-2H3/t13-/m1/s1. The molecule has 1 fully saturated rings. The second-order valence-electron chi connectivity index (χ2n) is 5.86. The average molecular weight is 301 g/mol. The Morgan fingerprint density at radius 3 is 2.64 bits per heavy atom. The Labute approximate surface area is 131 Å². The first-order valence-electron chi connectivity index (χ1n) is 7.76. The number of fused-ring (bicyclic) bond motifs is 1. The SMILES string of the molecule is COc1ccc2nc(N3CCN(C[C@@H](C)O)CC3)ccc2c1. The Hall–Kier alpha value is -1.85. The minimum Gasteiger partial charge on any atom is -0.497 e. The molecule has 1 saturated heterocycles. The lowest BCUT2D eigenvalue weighted by atomic mass is 10.2. The third-order valence-corrected chi connectivity index (χ3v) is 4.10. The molecule has 0 unspecified atom stereocenters. The second-order valence-corrected chi connectivity index (χ2v) is 5.86. The van der Waals surface area contributed by atoms with Gasteiger partial charge in [0.2, 0.25) is 0 Å². The molecule has 118 valence electrons. The molecule has 5 nitrogen and oxygen atoms in total. The summed E-state index contributed by atoms with van der Waals surface area (Å²) < 4.78 is 5.25. The van der Waals surface area contributed by atoms with E-state index in [0.717, 1.165) is 55.2 Å². The summed E-state index contributed by atoms with van der Waals surface area (Å²) in [5.41, 5.74) is 0.990. The van der Waals surface area contributed by atoms with Crippen LogP contribution in [0.2, 0.25) is 0 Å². The number of β-amino-alcohol motifs (C(OH)–C–C–N with tert-alkyl or cyclic N) is 1. The summed E-state index contributed by atoms with van der Waals surface area (Å²) in [6.45, 7) is 6.41. The molecule has 0 saturated carbocycles. The number of rotatable bonds is 4. The first-order valence-corrected chi connectivity index (χ1v) is 7.76. The Morgan fingerprint density at radius 2 is 1.95 bits per heavy atom. The summed E-state index contributed by atoms with van der Waals surface area (Å²) in [6.07, 6.45) is -0.264. The number of aliphatic hydroxyl groups excluding tert-OH is 1. The van der Waals surface area contributed by atoms with Gasteiger partial charge in [0.15, 0.2) is 0 Å². The number of ether oxygens (including phenoxy) is 1. The summed E-state index contributed by atoms with van der Waals surface area (Å²) >= 11 is 0. The minimum absolute atomic E-state index is 0.264. The Kier molecular flexibility index (Phi) is 4.45. The molecule has 1 aromatic heterocycles. The second kappa shape index (κ2) is 6.50. The van der Waals surface area contributed by atoms with Gasteiger partial charge >= 0.3 is 0 Å². The fourth-order valence-corrected chi connectivity index (χ4v) is 2.93. The maximum Gasteiger partial charge on any atom is 0.129 e. The molecule has 1 aliphatic rings. The van der Waals surface area contributed by atoms with Crippen molar-refractivity contribution in [1.29, 1.82) is 0 Å². The van der Waals surface area contributed by atoms with E-state index >= 15 is 0 Å². The number of pyridine rings is 1. The first kappa shape index (κ1) is 15.1. The van der Waals surface area contributed by atoms with Crippen LogP contribution < -0.4 is 9.64 Å². The van der Waals surface area contributed by atoms with Crippen molar-refractivity contribution in [3.8, 4) is 5.75 Å². The molecule has 1 N–H and O–H groups in total. The van der Waals surface area contributed by atoms with Gasteiger partial charge in [0.25, 0.3) is 0 Å². The van der Waals surface area contributed by atoms with Crippen molar-refractivity contribution in [2.45, 2.75) is 13.0 Å². The molecule has 0 spiro atoms. The predicted molar refractivity (Wildman–Crippen MR) is 88.6 cm³/mol. The zero-order valence-corrected chi connectivity index (χ0v) is 13.2. The van der Waals surface area contributed by atoms with Gasteiger partial charge in [-0.2, -0.15) is 0 Å². The predicted octanol–water partition coefficient (Wildman–Crippen LogP) is 1.75. The summed E-state index contributed by atoms with van der Waals surface area (Å²) in [7, 11) is 1.68. The Bertz CT molecular complexity index is 637. The van der Waals surface area contributed by atoms with Crippen molar-refractivity contribution in [2.24, 2.45) is 0 Å². The molecule has 0 radical (unpaired) electrons. The molecular weight excluding hydrogens is 278 g/mol. The highest BCUT2D eigenvalue weighted by Crippen LogP contribution is 2.23. The highest BCUT2D eigenvalue weighted by Gasteiger charge is 2.19. The summed E-state index contributed by atoms with van der Waals surface area (Å²) in [6, 6.07) is 10.1. The monoisotopic (exact) mass is 301 g/mol. The van der Waals surface area contributed by atoms with E-state index in [0.29, 0.717) is 0 Å². The van der Waals surface area contributed by atoms with Crippen molar-refractivity contribution in [2.75, 3.05) is 44.7 Å². The molecule has 2 aromatic rings. The molecule has 1 atom stereocenters. The highest BCUT2D eigenvalue weighted by molar-refractivity contribution is 5.81. The van der Waals surface area contributed by atoms with E-state index < -0.39 is 0 Å². The smallest absolute Gasteiger partial charge is 0.129 e. The van der Waals surface area contributed by atoms with Crippen molar-refractivity contribution in [1.82, 2.24) is 9.88 Å². The van der Waals surface area contributed by atoms with Gasteiger partial charge in [-0.3, -0.25) is 4.90 Å². The van der Waals surface area contributed by atoms with Crippen LogP contribution in [0.1, 0.15) is 6.92 Å². The largest absolute Gasteiger partial charge is 0.497 e. The van der Waals surface area contributed by atoms with Gasteiger partial charge in [0, 0.05) is 38.1 Å². The van der Waals surface area contributed by atoms with Gasteiger partial charge in [-0.05, 0) is 37.3 Å². The number of benzene rings is 1. The third kappa shape index (κ3) is 3.31. The number of piperazine rings is 1. The minimum atomic E-state index is -0.264. The van der Waals surface area contributed by atoms with Crippen LogP contribution in [0, 0.1) is 0 Å². The van der Waals surface area contributed by atoms with Crippen LogP contribution >= 0.6 is 0 Å². The number of aliphatic hydroxyl groups is 1. The van der Waals surface area contributed by atoms with Gasteiger partial charge in [-0.1, -0.05) is 0 Å². The number of aromatic nitrogens is 1. The van der Waals surface area contributed by atoms with E-state index in [2.05, 4.69) is 21.9 Å². The van der Waals surface area contributed by atoms with E-state index in [-0.39, 0.29) is 6.10 Å². The van der Waals surface area contributed by atoms with Gasteiger partial charge in [0.1, 0.15) is 11.6 Å². The Morgan fingerprint density at radius 1 is 1.18 bits per heavy atom. The quantitative estimate of drug-likeness (QED) is 0.932. The topological polar surface area (TPSA) is 48.8 Å². The van der Waals surface area contributed by atoms with Crippen LogP contribution in [0.5, 0.6) is 5.75 Å². The fraction of sp³-hybridized carbons (Fsp3) is 0.471. The van der Waals surface area contributed by atoms with E-state index in [1.54, 1.807) is 7.11 Å². The number of anilines is 1. The lowest BCUT2D eigenvalue weighted by molar-refractivity contribution is 0.122. The van der Waals surface area contributed by atoms with Crippen LogP contribution in [0.25, 0.3) is 10.9 Å². The molecular formula is C17H23N3O2. The lowest BCUT2D eigenvalue weighted by Crippen LogP contribution is -2.48. The van der Waals surface area contributed by atoms with Crippen molar-refractivity contribution in [3.05, 3.63) is 30.3 Å². The maximum atomic E-state index is 9.47. The molecule has 3 rings (SSSR count). The van der Waals surface area contributed by atoms with Crippen LogP contribution in [-0.2, 0) is 0 Å². The summed E-state index contributed by atoms with van der Waals surface area (Å²) in [5.74, 6) is 1.88. The fourth-order valence-electron chi connectivity index (χ4n) is 2.93. The normalized spacial score (nSPS) is 17.7. The van der Waals surface area contributed by atoms with Crippen molar-refractivity contribution >= 4 is 16.7 Å². The third-order valence-electron chi connectivity index (χ3n) is 4.10. The number of hydrogen-bond donors (Lipinski definition) is 1. The molecule has 5 heteroatoms. The average Bonchev–Trinajstić information content (AvgIpc) is 2.54. The Balaban J connectivity index is 1.72. The highest BCUT2D eigenvalue weighted by atomic mass is 16.5. The molecule has 0 amide bonds. The zero-order chi connectivity index (χ0) is 15.5. The maximum absolute atomic E-state index is 9.47. The zero-order valence-electron chi connectivity index (χ0n) is 13.2. The first-order chi connectivity index (χ1) is 10.7. The van der Waals surface area contributed by atoms with Gasteiger partial charge in [-0.25, -0.2) is 4.98 Å². The summed E-state index contributed by atoms with van der Waals surface area (Å²) in [4.78, 5) is 9.37.